The number of carbonyl (C=O) groups is 4. The Kier molecular flexibility index (Phi) is 33.0. The van der Waals surface area contributed by atoms with Crippen molar-refractivity contribution < 1.29 is 62.5 Å². The first-order valence-electron chi connectivity index (χ1n) is 25.5. The van der Waals surface area contributed by atoms with Crippen LogP contribution < -0.4 is 21.3 Å². The highest BCUT2D eigenvalue weighted by Gasteiger charge is 2.51. The maximum atomic E-state index is 13.4. The van der Waals surface area contributed by atoms with Gasteiger partial charge in [-0.25, -0.2) is 0 Å². The number of carbonyl (C=O) groups excluding carboxylic acids is 4. The largest absolute Gasteiger partial charge is 0.390 e. The van der Waals surface area contributed by atoms with Gasteiger partial charge < -0.3 is 64.6 Å². The zero-order valence-electron chi connectivity index (χ0n) is 41.8. The highest BCUT2D eigenvalue weighted by molar-refractivity contribution is 5.92. The molecule has 0 bridgehead atoms. The van der Waals surface area contributed by atoms with Crippen molar-refractivity contribution >= 4 is 23.6 Å². The molecule has 2 aliphatic rings. The molecule has 66 heavy (non-hydrogen) atoms. The molecule has 17 nitrogen and oxygen atoms in total. The molecule has 0 radical (unpaired) electrons. The fraction of sp³-hybridized carbons (Fsp3) is 0.918. The monoisotopic (exact) mass is 945 g/mol. The average Bonchev–Trinajstić information content (AvgIpc) is 3.30. The topological polar surface area (TPSA) is 221 Å². The molecule has 386 valence electrons. The predicted octanol–water partition coefficient (Wildman–Crippen LogP) is 5.35. The fourth-order valence-corrected chi connectivity index (χ4v) is 8.66. The fourth-order valence-electron chi connectivity index (χ4n) is 8.66. The summed E-state index contributed by atoms with van der Waals surface area (Å²) in [6, 6.07) is -1.09. The molecule has 2 heterocycles. The Morgan fingerprint density at radius 3 is 1.55 bits per heavy atom. The van der Waals surface area contributed by atoms with E-state index in [1.807, 2.05) is 0 Å². The van der Waals surface area contributed by atoms with Crippen molar-refractivity contribution in [1.82, 2.24) is 21.3 Å². The predicted molar refractivity (Wildman–Crippen MR) is 252 cm³/mol. The Balaban J connectivity index is 1.92. The number of hydrogen-bond donors (Lipinski definition) is 6. The molecule has 2 rings (SSSR count). The SMILES string of the molecule is CCCCCCCCCCCCNC(=O)C[C@H](NC(=O)CCC(=O)NCC1O[C@@H](O[C@H]2C(COC)O[C@@H](OC)C(OC)[C@H]2O)C(OC)[C@@H](O)[C@H]1C)C(=O)NCCCCCCCCCCCC. The molecule has 17 heteroatoms. The molecule has 6 N–H and O–H groups in total. The number of rotatable bonds is 38. The van der Waals surface area contributed by atoms with Gasteiger partial charge in [-0.05, 0) is 12.8 Å². The van der Waals surface area contributed by atoms with Gasteiger partial charge in [0, 0.05) is 66.8 Å². The quantitative estimate of drug-likeness (QED) is 0.0431. The lowest BCUT2D eigenvalue weighted by Gasteiger charge is -2.47. The Morgan fingerprint density at radius 2 is 1.03 bits per heavy atom. The third-order valence-corrected chi connectivity index (χ3v) is 12.9. The molecular formula is C49H92N4O13. The summed E-state index contributed by atoms with van der Waals surface area (Å²) in [4.78, 5) is 52.7. The van der Waals surface area contributed by atoms with E-state index in [0.29, 0.717) is 13.1 Å². The van der Waals surface area contributed by atoms with Crippen LogP contribution in [0.4, 0.5) is 0 Å². The molecule has 0 spiro atoms. The second kappa shape index (κ2) is 36.5. The van der Waals surface area contributed by atoms with Crippen LogP contribution in [-0.2, 0) is 52.3 Å². The molecule has 2 saturated heterocycles. The van der Waals surface area contributed by atoms with E-state index in [9.17, 15) is 29.4 Å². The maximum absolute atomic E-state index is 13.4. The van der Waals surface area contributed by atoms with E-state index < -0.39 is 85.0 Å². The van der Waals surface area contributed by atoms with Gasteiger partial charge >= 0.3 is 0 Å². The van der Waals surface area contributed by atoms with Gasteiger partial charge in [0.2, 0.25) is 23.6 Å². The van der Waals surface area contributed by atoms with E-state index in [2.05, 4.69) is 35.1 Å². The number of ether oxygens (including phenoxy) is 7. The Hall–Kier alpha value is -2.48. The minimum Gasteiger partial charge on any atom is -0.390 e. The smallest absolute Gasteiger partial charge is 0.243 e. The molecule has 0 saturated carbocycles. The van der Waals surface area contributed by atoms with Gasteiger partial charge in [0.25, 0.3) is 0 Å². The summed E-state index contributed by atoms with van der Waals surface area (Å²) in [6.45, 7) is 7.16. The molecule has 4 unspecified atom stereocenters. The highest BCUT2D eigenvalue weighted by Crippen LogP contribution is 2.33. The van der Waals surface area contributed by atoms with Crippen LogP contribution in [0.25, 0.3) is 0 Å². The van der Waals surface area contributed by atoms with Crippen LogP contribution in [0.2, 0.25) is 0 Å². The number of aliphatic hydroxyl groups excluding tert-OH is 2. The first-order chi connectivity index (χ1) is 31.9. The third kappa shape index (κ3) is 23.2. The van der Waals surface area contributed by atoms with Gasteiger partial charge in [-0.1, -0.05) is 136 Å². The van der Waals surface area contributed by atoms with Crippen molar-refractivity contribution in [3.8, 4) is 0 Å². The lowest BCUT2D eigenvalue weighted by atomic mass is 9.90. The van der Waals surface area contributed by atoms with Crippen LogP contribution in [-0.4, -0.2) is 150 Å². The highest BCUT2D eigenvalue weighted by atomic mass is 16.7. The summed E-state index contributed by atoms with van der Waals surface area (Å²) in [5.41, 5.74) is 0. The summed E-state index contributed by atoms with van der Waals surface area (Å²) >= 11 is 0. The molecule has 0 aliphatic carbocycles. The van der Waals surface area contributed by atoms with E-state index in [0.717, 1.165) is 38.5 Å². The van der Waals surface area contributed by atoms with E-state index >= 15 is 0 Å². The molecule has 0 aromatic rings. The van der Waals surface area contributed by atoms with Crippen LogP contribution in [0.15, 0.2) is 0 Å². The molecule has 2 fully saturated rings. The summed E-state index contributed by atoms with van der Waals surface area (Å²) in [5.74, 6) is -2.25. The van der Waals surface area contributed by atoms with Crippen molar-refractivity contribution in [2.24, 2.45) is 5.92 Å². The zero-order chi connectivity index (χ0) is 48.5. The normalized spacial score (nSPS) is 25.8. The first-order valence-corrected chi connectivity index (χ1v) is 25.5. The van der Waals surface area contributed by atoms with Crippen molar-refractivity contribution in [1.29, 1.82) is 0 Å². The number of nitrogens with one attached hydrogen (secondary N) is 4. The molecule has 0 aromatic heterocycles. The maximum Gasteiger partial charge on any atom is 0.243 e. The van der Waals surface area contributed by atoms with Crippen molar-refractivity contribution in [2.45, 2.75) is 230 Å². The van der Waals surface area contributed by atoms with Crippen molar-refractivity contribution in [2.75, 3.05) is 54.7 Å². The number of hydrogen-bond acceptors (Lipinski definition) is 13. The first kappa shape index (κ1) is 59.6. The van der Waals surface area contributed by atoms with Crippen molar-refractivity contribution in [3.63, 3.8) is 0 Å². The number of unbranched alkanes of at least 4 members (excludes halogenated alkanes) is 18. The van der Waals surface area contributed by atoms with Gasteiger partial charge in [-0.15, -0.1) is 0 Å². The number of aliphatic hydroxyl groups is 2. The molecular weight excluding hydrogens is 853 g/mol. The van der Waals surface area contributed by atoms with E-state index in [1.54, 1.807) is 6.92 Å². The van der Waals surface area contributed by atoms with E-state index in [4.69, 9.17) is 33.2 Å². The minimum absolute atomic E-state index is 0.0319. The van der Waals surface area contributed by atoms with Crippen molar-refractivity contribution in [3.05, 3.63) is 0 Å². The average molecular weight is 945 g/mol. The van der Waals surface area contributed by atoms with Gasteiger partial charge in [0.1, 0.15) is 36.6 Å². The summed E-state index contributed by atoms with van der Waals surface area (Å²) in [5, 5.41) is 33.8. The Labute approximate surface area is 396 Å². The van der Waals surface area contributed by atoms with E-state index in [1.165, 1.54) is 118 Å². The molecule has 11 atom stereocenters. The van der Waals surface area contributed by atoms with Crippen LogP contribution >= 0.6 is 0 Å². The van der Waals surface area contributed by atoms with Gasteiger partial charge in [0.05, 0.1) is 25.2 Å². The van der Waals surface area contributed by atoms with Crippen LogP contribution in [0.1, 0.15) is 168 Å². The molecule has 4 amide bonds. The Morgan fingerprint density at radius 1 is 0.545 bits per heavy atom. The standard InChI is InChI=1S/C49H92N4O13/c1-8-10-12-14-16-18-20-22-24-26-30-50-41(56)32-36(47(59)51-31-27-25-23-21-19-17-15-13-11-9-2)53-40(55)29-28-39(54)52-33-37-35(3)42(57)45(61-5)49(64-37)66-44-38(34-60-4)65-48(63-7)46(62-6)43(44)58/h35-38,42-46,48-49,57-58H,8-34H2,1-7H3,(H,50,56)(H,51,59)(H,52,54)(H,53,55)/t35-,36-,37?,38?,42-,43-,44-,45?,46?,48+,49-/m0/s1. The summed E-state index contributed by atoms with van der Waals surface area (Å²) < 4.78 is 40.2. The second-order valence-electron chi connectivity index (χ2n) is 18.3. The van der Waals surface area contributed by atoms with Gasteiger partial charge in [0.15, 0.2) is 12.6 Å². The third-order valence-electron chi connectivity index (χ3n) is 12.9. The zero-order valence-corrected chi connectivity index (χ0v) is 41.8. The van der Waals surface area contributed by atoms with Gasteiger partial charge in [-0.2, -0.15) is 0 Å². The molecule has 0 aromatic carbocycles. The van der Waals surface area contributed by atoms with Gasteiger partial charge in [-0.3, -0.25) is 19.2 Å². The summed E-state index contributed by atoms with van der Waals surface area (Å²) in [6.07, 6.45) is 14.1. The second-order valence-corrected chi connectivity index (χ2v) is 18.3. The van der Waals surface area contributed by atoms with Crippen LogP contribution in [0.3, 0.4) is 0 Å². The van der Waals surface area contributed by atoms with Crippen LogP contribution in [0, 0.1) is 5.92 Å². The molecule has 2 aliphatic heterocycles. The lowest BCUT2D eigenvalue weighted by molar-refractivity contribution is -0.355. The number of methoxy groups -OCH3 is 4. The number of amides is 4. The van der Waals surface area contributed by atoms with E-state index in [-0.39, 0.29) is 38.3 Å². The summed E-state index contributed by atoms with van der Waals surface area (Å²) in [7, 11) is 5.73. The van der Waals surface area contributed by atoms with Crippen LogP contribution in [0.5, 0.6) is 0 Å². The lowest BCUT2D eigenvalue weighted by Crippen LogP contribution is -2.64. The minimum atomic E-state index is -1.23. The Bertz CT molecular complexity index is 1300.